The summed E-state index contributed by atoms with van der Waals surface area (Å²) in [5.74, 6) is -4.38. The third kappa shape index (κ3) is 4.40. The number of rotatable bonds is 2. The Bertz CT molecular complexity index is 272. The van der Waals surface area contributed by atoms with Crippen LogP contribution < -0.4 is 80.2 Å². The van der Waals surface area contributed by atoms with Crippen LogP contribution in [0, 0.1) is 0 Å². The summed E-state index contributed by atoms with van der Waals surface area (Å²) in [5, 5.41) is 26.3. The number of aliphatic carboxylic acids is 2. The predicted molar refractivity (Wildman–Crippen MR) is 31.2 cm³/mol. The Morgan fingerprint density at radius 3 is 1.36 bits per heavy atom. The summed E-state index contributed by atoms with van der Waals surface area (Å²) in [4.78, 5) is 20.1. The van der Waals surface area contributed by atoms with Gasteiger partial charge in [-0.2, -0.15) is 10.2 Å². The summed E-state index contributed by atoms with van der Waals surface area (Å²) in [6.07, 6.45) is 0. The molecule has 1 rings (SSSR count). The summed E-state index contributed by atoms with van der Waals surface area (Å²) < 4.78 is 0. The zero-order chi connectivity index (χ0) is 9.14. The van der Waals surface area contributed by atoms with Crippen molar-refractivity contribution in [3.8, 4) is 0 Å². The molecule has 1 heterocycles. The average molecular weight is 216 g/mol. The molecule has 0 aromatic carbocycles. The zero-order valence-corrected chi connectivity index (χ0v) is 11.5. The Morgan fingerprint density at radius 2 is 1.21 bits per heavy atom. The van der Waals surface area contributed by atoms with Gasteiger partial charge in [-0.1, -0.05) is 0 Å². The zero-order valence-electron chi connectivity index (χ0n) is 7.53. The van der Waals surface area contributed by atoms with E-state index in [0.29, 0.717) is 0 Å². The molecule has 1 aliphatic heterocycles. The molecule has 0 bridgehead atoms. The fourth-order valence-corrected chi connectivity index (χ4v) is 0.450. The van der Waals surface area contributed by atoms with Crippen molar-refractivity contribution in [2.75, 3.05) is 0 Å². The number of hydrogen-bond donors (Lipinski definition) is 2. The summed E-state index contributed by atoms with van der Waals surface area (Å²) >= 11 is 0. The smallest absolute Gasteiger partial charge is 0.541 e. The first-order chi connectivity index (χ1) is 5.61. The molecule has 2 N–H and O–H groups in total. The van der Waals surface area contributed by atoms with Gasteiger partial charge in [0.1, 0.15) is 11.9 Å². The van der Waals surface area contributed by atoms with Gasteiger partial charge in [0.15, 0.2) is 11.7 Å². The van der Waals surface area contributed by atoms with Crippen molar-refractivity contribution in [3.05, 3.63) is 0 Å². The van der Waals surface area contributed by atoms with Gasteiger partial charge in [-0.25, -0.2) is 0 Å². The van der Waals surface area contributed by atoms with Crippen molar-refractivity contribution in [2.45, 2.75) is 0 Å². The van der Waals surface area contributed by atoms with Gasteiger partial charge in [0.05, 0.1) is 0 Å². The third-order valence-electron chi connectivity index (χ3n) is 0.934. The Kier molecular flexibility index (Phi) is 8.40. The van der Waals surface area contributed by atoms with E-state index < -0.39 is 23.6 Å². The number of carbonyl (C=O) groups excluding carboxylic acids is 2. The van der Waals surface area contributed by atoms with Crippen molar-refractivity contribution in [1.82, 2.24) is 10.9 Å². The molecule has 0 aromatic heterocycles. The average Bonchev–Trinajstić information content (AvgIpc) is 2.04. The first kappa shape index (κ1) is 16.3. The fourth-order valence-electron chi connectivity index (χ4n) is 0.450. The van der Waals surface area contributed by atoms with Crippen LogP contribution in [0.15, 0.2) is 10.2 Å². The Morgan fingerprint density at radius 1 is 0.929 bits per heavy atom. The molecule has 0 saturated heterocycles. The van der Waals surface area contributed by atoms with E-state index in [9.17, 15) is 19.8 Å². The van der Waals surface area contributed by atoms with Crippen molar-refractivity contribution in [3.63, 3.8) is 0 Å². The molecule has 0 fully saturated rings. The van der Waals surface area contributed by atoms with Crippen molar-refractivity contribution in [2.24, 2.45) is 10.2 Å². The van der Waals surface area contributed by atoms with Gasteiger partial charge >= 0.3 is 59.1 Å². The number of hydrazone groups is 2. The Labute approximate surface area is 122 Å². The largest absolute Gasteiger partial charge is 1.00 e. The molecular formula is C4H2N4Na2O4. The van der Waals surface area contributed by atoms with Crippen LogP contribution in [-0.2, 0) is 9.59 Å². The van der Waals surface area contributed by atoms with Crippen LogP contribution in [0.4, 0.5) is 0 Å². The van der Waals surface area contributed by atoms with Gasteiger partial charge < -0.3 is 19.8 Å². The van der Waals surface area contributed by atoms with Crippen LogP contribution in [0.25, 0.3) is 0 Å². The number of nitrogens with zero attached hydrogens (tertiary/aromatic N) is 2. The Hall–Kier alpha value is -0.120. The monoisotopic (exact) mass is 216 g/mol. The molecule has 1 aliphatic rings. The third-order valence-corrected chi connectivity index (χ3v) is 0.934. The maximum absolute atomic E-state index is 10.1. The minimum atomic E-state index is -1.59. The van der Waals surface area contributed by atoms with E-state index in [1.807, 2.05) is 10.9 Å². The van der Waals surface area contributed by atoms with Crippen molar-refractivity contribution >= 4 is 23.6 Å². The van der Waals surface area contributed by atoms with Crippen LogP contribution in [0.5, 0.6) is 0 Å². The maximum Gasteiger partial charge on any atom is 1.00 e. The molecule has 10 heteroatoms. The number of carboxylic acids is 2. The molecule has 64 valence electrons. The molecule has 8 nitrogen and oxygen atoms in total. The molecule has 0 aromatic rings. The van der Waals surface area contributed by atoms with E-state index >= 15 is 0 Å². The van der Waals surface area contributed by atoms with Gasteiger partial charge in [-0.3, -0.25) is 10.9 Å². The standard InChI is InChI=1S/C4H4N4O4.2Na/c9-3(10)1-5-7-2(4(11)12)8-6-1;;/h(H,5,6)(H,7,8)(H,9,10)(H,11,12);;/q;2*+1/p-2. The van der Waals surface area contributed by atoms with Gasteiger partial charge in [0.25, 0.3) is 0 Å². The molecule has 14 heavy (non-hydrogen) atoms. The normalized spacial score (nSPS) is 12.9. The number of carbonyl (C=O) groups is 2. The molecule has 0 radical (unpaired) electrons. The van der Waals surface area contributed by atoms with Crippen LogP contribution in [-0.4, -0.2) is 23.6 Å². The maximum atomic E-state index is 10.1. The van der Waals surface area contributed by atoms with E-state index in [0.717, 1.165) is 0 Å². The second kappa shape index (κ2) is 7.21. The second-order valence-corrected chi connectivity index (χ2v) is 1.72. The Balaban J connectivity index is 0. The van der Waals surface area contributed by atoms with E-state index in [4.69, 9.17) is 0 Å². The summed E-state index contributed by atoms with van der Waals surface area (Å²) in [5.41, 5.74) is 3.69. The van der Waals surface area contributed by atoms with E-state index in [2.05, 4.69) is 10.2 Å². The van der Waals surface area contributed by atoms with E-state index in [1.54, 1.807) is 0 Å². The molecule has 0 saturated carbocycles. The molecule has 0 unspecified atom stereocenters. The second-order valence-electron chi connectivity index (χ2n) is 1.72. The molecule has 0 amide bonds. The van der Waals surface area contributed by atoms with Gasteiger partial charge in [0, 0.05) is 0 Å². The van der Waals surface area contributed by atoms with Gasteiger partial charge in [-0.05, 0) is 0 Å². The minimum Gasteiger partial charge on any atom is -0.541 e. The predicted octanol–water partition coefficient (Wildman–Crippen LogP) is -10.7. The minimum absolute atomic E-state index is 0. The number of hydrogen-bond acceptors (Lipinski definition) is 8. The number of carboxylic acid groups (broad SMARTS) is 2. The van der Waals surface area contributed by atoms with Crippen LogP contribution in [0.1, 0.15) is 0 Å². The van der Waals surface area contributed by atoms with E-state index in [1.165, 1.54) is 0 Å². The number of amidine groups is 2. The molecule has 0 spiro atoms. The fraction of sp³-hybridized carbons (Fsp3) is 0. The van der Waals surface area contributed by atoms with Crippen LogP contribution in [0.2, 0.25) is 0 Å². The molecule has 0 aliphatic carbocycles. The van der Waals surface area contributed by atoms with Crippen LogP contribution in [0.3, 0.4) is 0 Å². The molecular weight excluding hydrogens is 214 g/mol. The summed E-state index contributed by atoms with van der Waals surface area (Å²) in [6.45, 7) is 0. The van der Waals surface area contributed by atoms with Crippen LogP contribution >= 0.6 is 0 Å². The molecule has 0 atom stereocenters. The number of nitrogens with one attached hydrogen (secondary N) is 2. The summed E-state index contributed by atoms with van der Waals surface area (Å²) in [6, 6.07) is 0. The first-order valence-corrected chi connectivity index (χ1v) is 2.71. The van der Waals surface area contributed by atoms with Crippen molar-refractivity contribution in [1.29, 1.82) is 0 Å². The quantitative estimate of drug-likeness (QED) is 0.441. The first-order valence-electron chi connectivity index (χ1n) is 2.71. The SMILES string of the molecule is O=C([O-])C1=NNC(C(=O)[O-])=NN1.[Na+].[Na+]. The topological polar surface area (TPSA) is 129 Å². The van der Waals surface area contributed by atoms with Gasteiger partial charge in [-0.15, -0.1) is 0 Å². The summed E-state index contributed by atoms with van der Waals surface area (Å²) in [7, 11) is 0. The van der Waals surface area contributed by atoms with Crippen molar-refractivity contribution < 1.29 is 78.9 Å². The van der Waals surface area contributed by atoms with Gasteiger partial charge in [0.2, 0.25) is 0 Å². The van der Waals surface area contributed by atoms with E-state index in [-0.39, 0.29) is 59.1 Å².